The fourth-order valence-electron chi connectivity index (χ4n) is 4.43. The Bertz CT molecular complexity index is 1620. The normalized spacial score (nSPS) is 19.3. The zero-order valence-electron chi connectivity index (χ0n) is 26.7. The van der Waals surface area contributed by atoms with Gasteiger partial charge in [0.2, 0.25) is 5.69 Å². The highest BCUT2D eigenvalue weighted by atomic mass is 14.9. The molecule has 0 unspecified atom stereocenters. The van der Waals surface area contributed by atoms with Gasteiger partial charge in [-0.15, -0.1) is 0 Å². The lowest BCUT2D eigenvalue weighted by molar-refractivity contribution is -0.659. The van der Waals surface area contributed by atoms with Gasteiger partial charge in [0, 0.05) is 46.2 Å². The zero-order chi connectivity index (χ0) is 29.4. The Morgan fingerprint density at radius 2 is 1.61 bits per heavy atom. The quantitative estimate of drug-likeness (QED) is 0.343. The van der Waals surface area contributed by atoms with E-state index in [0.29, 0.717) is 16.8 Å². The first kappa shape index (κ1) is 12.0. The number of nitrogens with zero attached hydrogens (tertiary/aromatic N) is 2. The topological polar surface area (TPSA) is 16.8 Å². The van der Waals surface area contributed by atoms with Crippen molar-refractivity contribution < 1.29 is 16.9 Å². The predicted molar refractivity (Wildman–Crippen MR) is 128 cm³/mol. The molecule has 2 aromatic heterocycles. The maximum absolute atomic E-state index is 8.44. The van der Waals surface area contributed by atoms with E-state index in [4.69, 9.17) is 12.3 Å². The van der Waals surface area contributed by atoms with Crippen LogP contribution < -0.4 is 4.57 Å². The number of pyridine rings is 2. The maximum atomic E-state index is 8.44. The molecule has 0 bridgehead atoms. The van der Waals surface area contributed by atoms with Gasteiger partial charge in [-0.1, -0.05) is 55.7 Å². The molecule has 5 rings (SSSR count). The lowest BCUT2D eigenvalue weighted by atomic mass is 9.83. The molecular formula is C29H29N2+. The number of hydrogen-bond acceptors (Lipinski definition) is 1. The molecule has 2 heteroatoms. The highest BCUT2D eigenvalue weighted by Gasteiger charge is 2.38. The van der Waals surface area contributed by atoms with Crippen LogP contribution in [0, 0.1) is 20.7 Å². The van der Waals surface area contributed by atoms with E-state index in [-0.39, 0.29) is 16.8 Å². The smallest absolute Gasteiger partial charge is 0.212 e. The van der Waals surface area contributed by atoms with Crippen LogP contribution in [0.3, 0.4) is 0 Å². The molecular weight excluding hydrogens is 376 g/mol. The summed E-state index contributed by atoms with van der Waals surface area (Å²) in [7, 11) is 1.90. The van der Waals surface area contributed by atoms with Gasteiger partial charge in [-0.05, 0) is 61.2 Å². The molecule has 0 amide bonds. The van der Waals surface area contributed by atoms with Crippen LogP contribution >= 0.6 is 0 Å². The van der Waals surface area contributed by atoms with E-state index in [1.165, 1.54) is 0 Å². The van der Waals surface area contributed by atoms with Crippen molar-refractivity contribution in [2.75, 3.05) is 0 Å². The Morgan fingerprint density at radius 3 is 2.32 bits per heavy atom. The van der Waals surface area contributed by atoms with Gasteiger partial charge in [0.15, 0.2) is 6.20 Å². The van der Waals surface area contributed by atoms with E-state index in [9.17, 15) is 0 Å². The third-order valence-corrected chi connectivity index (χ3v) is 6.08. The zero-order valence-corrected chi connectivity index (χ0v) is 17.7. The Hall–Kier alpha value is -3.26. The molecule has 4 aromatic rings. The van der Waals surface area contributed by atoms with Gasteiger partial charge in [-0.2, -0.15) is 0 Å². The molecule has 0 aliphatic heterocycles. The summed E-state index contributed by atoms with van der Waals surface area (Å²) in [4.78, 5) is 4.51. The Kier molecular flexibility index (Phi) is 2.65. The van der Waals surface area contributed by atoms with Crippen molar-refractivity contribution in [3.8, 4) is 33.5 Å². The second-order valence-electron chi connectivity index (χ2n) is 8.30. The third kappa shape index (κ3) is 3.09. The molecule has 0 spiro atoms. The highest BCUT2D eigenvalue weighted by molar-refractivity contribution is 5.84. The Labute approximate surface area is 197 Å². The second-order valence-corrected chi connectivity index (χ2v) is 8.30. The largest absolute Gasteiger partial charge is 0.257 e. The van der Waals surface area contributed by atoms with Crippen LogP contribution in [0.25, 0.3) is 33.5 Å². The Balaban J connectivity index is 1.67. The van der Waals surface area contributed by atoms with Crippen LogP contribution in [-0.4, -0.2) is 4.98 Å². The van der Waals surface area contributed by atoms with Gasteiger partial charge in [0.05, 0.1) is 5.69 Å². The van der Waals surface area contributed by atoms with Gasteiger partial charge in [0.25, 0.3) is 0 Å². The first-order chi connectivity index (χ1) is 18.5. The van der Waals surface area contributed by atoms with Crippen molar-refractivity contribution in [2.24, 2.45) is 7.05 Å². The van der Waals surface area contributed by atoms with Crippen LogP contribution in [0.1, 0.15) is 54.1 Å². The summed E-state index contributed by atoms with van der Waals surface area (Å²) in [5.74, 6) is 0. The van der Waals surface area contributed by atoms with Crippen molar-refractivity contribution in [2.45, 2.75) is 39.8 Å². The molecule has 31 heavy (non-hydrogen) atoms. The van der Waals surface area contributed by atoms with Crippen LogP contribution in [0.2, 0.25) is 0 Å². The van der Waals surface area contributed by atoms with Crippen molar-refractivity contribution >= 4 is 0 Å². The van der Waals surface area contributed by atoms with E-state index in [2.05, 4.69) is 4.98 Å². The molecule has 0 N–H and O–H groups in total. The van der Waals surface area contributed by atoms with Gasteiger partial charge >= 0.3 is 0 Å². The molecule has 2 nitrogen and oxygen atoms in total. The number of aromatic nitrogens is 2. The van der Waals surface area contributed by atoms with E-state index in [1.54, 1.807) is 49.4 Å². The van der Waals surface area contributed by atoms with Gasteiger partial charge < -0.3 is 0 Å². The minimum absolute atomic E-state index is 0.0688. The van der Waals surface area contributed by atoms with Crippen LogP contribution in [0.4, 0.5) is 0 Å². The average molecular weight is 415 g/mol. The summed E-state index contributed by atoms with van der Waals surface area (Å²) in [5.41, 5.74) is 4.17. The van der Waals surface area contributed by atoms with Crippen molar-refractivity contribution in [3.05, 3.63) is 94.9 Å². The molecule has 154 valence electrons. The molecule has 2 heterocycles. The number of rotatable bonds is 2. The van der Waals surface area contributed by atoms with Crippen LogP contribution in [-0.2, 0) is 12.5 Å². The molecule has 0 radical (unpaired) electrons. The molecule has 0 fully saturated rings. The first-order valence-corrected chi connectivity index (χ1v) is 10.2. The van der Waals surface area contributed by atoms with Crippen molar-refractivity contribution in [3.63, 3.8) is 0 Å². The van der Waals surface area contributed by atoms with Crippen molar-refractivity contribution in [1.82, 2.24) is 4.98 Å². The SMILES string of the molecule is [2H]C([2H])([2H])c1ccc(-c2ccc(-c3cc4c(cc3C)C(C([2H])([2H])[2H])(C([2H])([2H])[2H])c3nc(C)ccc3-4)[n+](C)c2)cc1. The summed E-state index contributed by atoms with van der Waals surface area (Å²) >= 11 is 0. The van der Waals surface area contributed by atoms with E-state index >= 15 is 0 Å². The Morgan fingerprint density at radius 1 is 0.839 bits per heavy atom. The van der Waals surface area contributed by atoms with Gasteiger partial charge in [-0.3, -0.25) is 4.98 Å². The summed E-state index contributed by atoms with van der Waals surface area (Å²) in [6, 6.07) is 17.8. The van der Waals surface area contributed by atoms with E-state index < -0.39 is 26.0 Å². The third-order valence-electron chi connectivity index (χ3n) is 6.08. The van der Waals surface area contributed by atoms with E-state index in [1.807, 2.05) is 42.9 Å². The van der Waals surface area contributed by atoms with Gasteiger partial charge in [-0.25, -0.2) is 4.57 Å². The first-order valence-electron chi connectivity index (χ1n) is 14.7. The van der Waals surface area contributed by atoms with Gasteiger partial charge in [0.1, 0.15) is 7.05 Å². The van der Waals surface area contributed by atoms with Crippen LogP contribution in [0.15, 0.2) is 66.9 Å². The monoisotopic (exact) mass is 414 g/mol. The minimum atomic E-state index is -2.87. The number of hydrogen-bond donors (Lipinski definition) is 0. The van der Waals surface area contributed by atoms with Crippen LogP contribution in [0.5, 0.6) is 0 Å². The molecule has 1 aliphatic carbocycles. The fourth-order valence-corrected chi connectivity index (χ4v) is 4.43. The summed E-state index contributed by atoms with van der Waals surface area (Å²) < 4.78 is 75.3. The lowest BCUT2D eigenvalue weighted by Crippen LogP contribution is -2.31. The molecule has 2 aromatic carbocycles. The van der Waals surface area contributed by atoms with E-state index in [0.717, 1.165) is 27.9 Å². The second kappa shape index (κ2) is 6.88. The lowest BCUT2D eigenvalue weighted by Gasteiger charge is -2.21. The number of fused-ring (bicyclic) bond motifs is 3. The molecule has 0 saturated heterocycles. The molecule has 0 saturated carbocycles. The standard InChI is InChI=1S/C29H29N2/c1-18-7-10-21(11-8-18)22-12-14-27(31(6)17-22)24-16-25-23-13-9-20(3)30-28(23)29(4,5)26(25)15-19(24)2/h7-17H,1-6H3/q+1/i1D3,4D3,5D3. The average Bonchev–Trinajstić information content (AvgIpc) is 3.12. The number of aryl methyl sites for hydroxylation is 4. The number of benzene rings is 2. The predicted octanol–water partition coefficient (Wildman–Crippen LogP) is 6.47. The van der Waals surface area contributed by atoms with Crippen molar-refractivity contribution in [1.29, 1.82) is 0 Å². The maximum Gasteiger partial charge on any atom is 0.212 e. The fraction of sp³-hybridized carbons (Fsp3) is 0.241. The highest BCUT2D eigenvalue weighted by Crippen LogP contribution is 2.49. The summed E-state index contributed by atoms with van der Waals surface area (Å²) in [6.07, 6.45) is 1.94. The minimum Gasteiger partial charge on any atom is -0.257 e. The molecule has 0 atom stereocenters. The summed E-state index contributed by atoms with van der Waals surface area (Å²) in [5, 5.41) is 0. The molecule has 1 aliphatic rings. The summed E-state index contributed by atoms with van der Waals surface area (Å²) in [6.45, 7) is -4.32.